The molecule has 0 spiro atoms. The standard InChI is InChI=1S/C14H16FNO6S/c1-21-12-6-10(2-3-11(12)15)23(19,20)16-7-9-4-5-22-14(9,8-16)13(17)18/h2-3,6,9H,4-5,7-8H2,1H3,(H,17,18)/t9-,14+/m0/s1. The quantitative estimate of drug-likeness (QED) is 0.863. The molecule has 0 aromatic heterocycles. The van der Waals surface area contributed by atoms with Gasteiger partial charge in [0.05, 0.1) is 18.6 Å². The number of ether oxygens (including phenoxy) is 2. The summed E-state index contributed by atoms with van der Waals surface area (Å²) in [5.74, 6) is -2.41. The van der Waals surface area contributed by atoms with E-state index in [1.54, 1.807) is 0 Å². The number of rotatable bonds is 4. The summed E-state index contributed by atoms with van der Waals surface area (Å²) in [7, 11) is -2.72. The molecule has 2 aliphatic rings. The lowest BCUT2D eigenvalue weighted by molar-refractivity contribution is -0.160. The Bertz CT molecular complexity index is 752. The third-order valence-electron chi connectivity index (χ3n) is 4.44. The first-order valence-corrected chi connectivity index (χ1v) is 8.46. The van der Waals surface area contributed by atoms with Crippen LogP contribution in [0, 0.1) is 11.7 Å². The average molecular weight is 345 g/mol. The molecule has 1 aromatic carbocycles. The highest BCUT2D eigenvalue weighted by Gasteiger charge is 2.59. The van der Waals surface area contributed by atoms with Crippen LogP contribution in [0.2, 0.25) is 0 Å². The Morgan fingerprint density at radius 1 is 1.52 bits per heavy atom. The molecule has 1 aromatic rings. The van der Waals surface area contributed by atoms with Gasteiger partial charge < -0.3 is 14.6 Å². The van der Waals surface area contributed by atoms with Gasteiger partial charge in [-0.05, 0) is 18.6 Å². The summed E-state index contributed by atoms with van der Waals surface area (Å²) < 4.78 is 50.1. The minimum Gasteiger partial charge on any atom is -0.494 e. The molecule has 7 nitrogen and oxygen atoms in total. The van der Waals surface area contributed by atoms with Gasteiger partial charge in [0.2, 0.25) is 10.0 Å². The monoisotopic (exact) mass is 345 g/mol. The normalized spacial score (nSPS) is 27.8. The SMILES string of the molecule is COc1cc(S(=O)(=O)N2C[C@@H]3CCO[C@]3(C(=O)O)C2)ccc1F. The Labute approximate surface area is 132 Å². The number of benzene rings is 1. The molecule has 2 aliphatic heterocycles. The lowest BCUT2D eigenvalue weighted by atomic mass is 9.91. The van der Waals surface area contributed by atoms with Crippen molar-refractivity contribution in [1.29, 1.82) is 0 Å². The molecular formula is C14H16FNO6S. The molecule has 0 aliphatic carbocycles. The van der Waals surface area contributed by atoms with Crippen LogP contribution in [-0.4, -0.2) is 56.2 Å². The molecule has 2 heterocycles. The van der Waals surface area contributed by atoms with Gasteiger partial charge in [0.25, 0.3) is 0 Å². The molecule has 0 bridgehead atoms. The smallest absolute Gasteiger partial charge is 0.337 e. The first kappa shape index (κ1) is 16.2. The predicted molar refractivity (Wildman–Crippen MR) is 76.1 cm³/mol. The fourth-order valence-electron chi connectivity index (χ4n) is 3.16. The van der Waals surface area contributed by atoms with E-state index in [2.05, 4.69) is 0 Å². The number of carbonyl (C=O) groups is 1. The van der Waals surface area contributed by atoms with Gasteiger partial charge in [0, 0.05) is 25.1 Å². The molecule has 2 atom stereocenters. The summed E-state index contributed by atoms with van der Waals surface area (Å²) >= 11 is 0. The van der Waals surface area contributed by atoms with Crippen molar-refractivity contribution in [3.63, 3.8) is 0 Å². The second-order valence-corrected chi connectivity index (χ2v) is 7.56. The molecule has 0 amide bonds. The number of aliphatic carboxylic acids is 1. The lowest BCUT2D eigenvalue weighted by Gasteiger charge is -2.23. The molecule has 23 heavy (non-hydrogen) atoms. The van der Waals surface area contributed by atoms with Crippen molar-refractivity contribution < 1.29 is 32.2 Å². The van der Waals surface area contributed by atoms with Crippen LogP contribution in [-0.2, 0) is 19.6 Å². The number of methoxy groups -OCH3 is 1. The van der Waals surface area contributed by atoms with E-state index >= 15 is 0 Å². The van der Waals surface area contributed by atoms with E-state index < -0.39 is 33.3 Å². The number of fused-ring (bicyclic) bond motifs is 1. The van der Waals surface area contributed by atoms with Gasteiger partial charge in [-0.15, -0.1) is 0 Å². The van der Waals surface area contributed by atoms with Gasteiger partial charge in [-0.2, -0.15) is 4.31 Å². The summed E-state index contributed by atoms with van der Waals surface area (Å²) in [5, 5.41) is 9.43. The fraction of sp³-hybridized carbons (Fsp3) is 0.500. The lowest BCUT2D eigenvalue weighted by Crippen LogP contribution is -2.45. The Kier molecular flexibility index (Phi) is 3.81. The third-order valence-corrected chi connectivity index (χ3v) is 6.25. The van der Waals surface area contributed by atoms with Crippen molar-refractivity contribution in [2.45, 2.75) is 16.9 Å². The van der Waals surface area contributed by atoms with Crippen molar-refractivity contribution in [2.24, 2.45) is 5.92 Å². The maximum absolute atomic E-state index is 13.5. The van der Waals surface area contributed by atoms with Gasteiger partial charge in [-0.25, -0.2) is 17.6 Å². The minimum atomic E-state index is -3.96. The Balaban J connectivity index is 1.94. The van der Waals surface area contributed by atoms with Crippen LogP contribution < -0.4 is 4.74 Å². The topological polar surface area (TPSA) is 93.1 Å². The van der Waals surface area contributed by atoms with Crippen LogP contribution in [0.5, 0.6) is 5.75 Å². The minimum absolute atomic E-state index is 0.0638. The van der Waals surface area contributed by atoms with E-state index in [1.165, 1.54) is 7.11 Å². The van der Waals surface area contributed by atoms with E-state index in [4.69, 9.17) is 9.47 Å². The summed E-state index contributed by atoms with van der Waals surface area (Å²) in [6.07, 6.45) is 0.491. The summed E-state index contributed by atoms with van der Waals surface area (Å²) in [5.41, 5.74) is -1.49. The molecule has 0 saturated carbocycles. The zero-order chi connectivity index (χ0) is 16.8. The van der Waals surface area contributed by atoms with Crippen LogP contribution in [0.4, 0.5) is 4.39 Å². The average Bonchev–Trinajstić information content (AvgIpc) is 3.05. The van der Waals surface area contributed by atoms with Crippen LogP contribution in [0.3, 0.4) is 0 Å². The zero-order valence-corrected chi connectivity index (χ0v) is 13.2. The summed E-state index contributed by atoms with van der Waals surface area (Å²) in [6.45, 7) is 0.110. The molecule has 2 saturated heterocycles. The van der Waals surface area contributed by atoms with E-state index in [0.29, 0.717) is 13.0 Å². The molecule has 2 fully saturated rings. The van der Waals surface area contributed by atoms with Crippen LogP contribution >= 0.6 is 0 Å². The number of halogens is 1. The molecule has 126 valence electrons. The highest BCUT2D eigenvalue weighted by molar-refractivity contribution is 7.89. The summed E-state index contributed by atoms with van der Waals surface area (Å²) in [6, 6.07) is 3.23. The molecular weight excluding hydrogens is 329 g/mol. The van der Waals surface area contributed by atoms with Crippen LogP contribution in [0.1, 0.15) is 6.42 Å². The summed E-state index contributed by atoms with van der Waals surface area (Å²) in [4.78, 5) is 11.4. The molecule has 0 unspecified atom stereocenters. The molecule has 0 radical (unpaired) electrons. The molecule has 1 N–H and O–H groups in total. The Hall–Kier alpha value is -1.71. The fourth-order valence-corrected chi connectivity index (χ4v) is 4.69. The number of hydrogen-bond donors (Lipinski definition) is 1. The van der Waals surface area contributed by atoms with Gasteiger partial charge >= 0.3 is 5.97 Å². The maximum atomic E-state index is 13.5. The van der Waals surface area contributed by atoms with E-state index in [0.717, 1.165) is 22.5 Å². The van der Waals surface area contributed by atoms with E-state index in [-0.39, 0.29) is 23.7 Å². The van der Waals surface area contributed by atoms with Crippen molar-refractivity contribution in [1.82, 2.24) is 4.31 Å². The van der Waals surface area contributed by atoms with Crippen molar-refractivity contribution >= 4 is 16.0 Å². The van der Waals surface area contributed by atoms with Gasteiger partial charge in [-0.3, -0.25) is 0 Å². The van der Waals surface area contributed by atoms with Crippen LogP contribution in [0.15, 0.2) is 23.1 Å². The largest absolute Gasteiger partial charge is 0.494 e. The number of carboxylic acids is 1. The number of carboxylic acid groups (broad SMARTS) is 1. The third kappa shape index (κ3) is 2.39. The first-order chi connectivity index (χ1) is 10.8. The number of nitrogens with zero attached hydrogens (tertiary/aromatic N) is 1. The second kappa shape index (κ2) is 5.43. The predicted octanol–water partition coefficient (Wildman–Crippen LogP) is 0.698. The number of hydrogen-bond acceptors (Lipinski definition) is 5. The molecule has 9 heteroatoms. The van der Waals surface area contributed by atoms with Gasteiger partial charge in [-0.1, -0.05) is 0 Å². The first-order valence-electron chi connectivity index (χ1n) is 7.02. The van der Waals surface area contributed by atoms with Crippen molar-refractivity contribution in [3.05, 3.63) is 24.0 Å². The molecule has 3 rings (SSSR count). The van der Waals surface area contributed by atoms with Gasteiger partial charge in [0.15, 0.2) is 17.2 Å². The zero-order valence-electron chi connectivity index (χ0n) is 12.4. The Morgan fingerprint density at radius 3 is 2.87 bits per heavy atom. The van der Waals surface area contributed by atoms with Crippen molar-refractivity contribution in [2.75, 3.05) is 26.8 Å². The van der Waals surface area contributed by atoms with E-state index in [9.17, 15) is 22.7 Å². The highest BCUT2D eigenvalue weighted by atomic mass is 32.2. The highest BCUT2D eigenvalue weighted by Crippen LogP contribution is 2.41. The Morgan fingerprint density at radius 2 is 2.26 bits per heavy atom. The van der Waals surface area contributed by atoms with Crippen molar-refractivity contribution in [3.8, 4) is 5.75 Å². The second-order valence-electron chi connectivity index (χ2n) is 5.62. The van der Waals surface area contributed by atoms with E-state index in [1.807, 2.05) is 0 Å². The maximum Gasteiger partial charge on any atom is 0.337 e. The van der Waals surface area contributed by atoms with Crippen LogP contribution in [0.25, 0.3) is 0 Å². The van der Waals surface area contributed by atoms with Gasteiger partial charge in [0.1, 0.15) is 0 Å². The number of sulfonamides is 1.